The molecule has 2 atom stereocenters. The lowest BCUT2D eigenvalue weighted by molar-refractivity contribution is 0.0651. The van der Waals surface area contributed by atoms with Gasteiger partial charge in [-0.1, -0.05) is 12.5 Å². The molecule has 4 heteroatoms. The van der Waals surface area contributed by atoms with Crippen LogP contribution < -0.4 is 5.73 Å². The van der Waals surface area contributed by atoms with Crippen molar-refractivity contribution in [2.75, 3.05) is 13.1 Å². The number of carbonyl (C=O) groups is 1. The average Bonchev–Trinajstić information content (AvgIpc) is 2.88. The molecule has 0 bridgehead atoms. The molecule has 0 spiro atoms. The molecular weight excluding hydrogens is 240 g/mol. The van der Waals surface area contributed by atoms with Crippen LogP contribution in [0.3, 0.4) is 0 Å². The molecular formula is C15H22N2O2. The number of phenolic OH excluding ortho intramolecular Hbond substituents is 1. The van der Waals surface area contributed by atoms with Crippen molar-refractivity contribution in [3.05, 3.63) is 29.8 Å². The molecule has 0 aliphatic heterocycles. The topological polar surface area (TPSA) is 66.6 Å². The Labute approximate surface area is 114 Å². The SMILES string of the molecule is CCN(C(=O)c1cccc(O)c1)C1CCCC1CN. The van der Waals surface area contributed by atoms with Gasteiger partial charge in [-0.2, -0.15) is 0 Å². The van der Waals surface area contributed by atoms with Gasteiger partial charge in [0, 0.05) is 18.2 Å². The molecule has 19 heavy (non-hydrogen) atoms. The van der Waals surface area contributed by atoms with Crippen LogP contribution in [-0.2, 0) is 0 Å². The van der Waals surface area contributed by atoms with Gasteiger partial charge in [0.05, 0.1) is 0 Å². The second-order valence-electron chi connectivity index (χ2n) is 5.14. The summed E-state index contributed by atoms with van der Waals surface area (Å²) in [6.07, 6.45) is 3.27. The lowest BCUT2D eigenvalue weighted by atomic mass is 10.0. The zero-order chi connectivity index (χ0) is 13.8. The van der Waals surface area contributed by atoms with Gasteiger partial charge in [-0.25, -0.2) is 0 Å². The lowest BCUT2D eigenvalue weighted by Gasteiger charge is -2.32. The molecule has 1 aliphatic rings. The van der Waals surface area contributed by atoms with Crippen molar-refractivity contribution in [1.82, 2.24) is 4.90 Å². The minimum Gasteiger partial charge on any atom is -0.508 e. The van der Waals surface area contributed by atoms with E-state index in [2.05, 4.69) is 0 Å². The molecule has 3 N–H and O–H groups in total. The Morgan fingerprint density at radius 2 is 2.26 bits per heavy atom. The first-order valence-electron chi connectivity index (χ1n) is 6.97. The normalized spacial score (nSPS) is 22.4. The maximum Gasteiger partial charge on any atom is 0.254 e. The minimum atomic E-state index is -0.0104. The van der Waals surface area contributed by atoms with E-state index < -0.39 is 0 Å². The van der Waals surface area contributed by atoms with Gasteiger partial charge in [-0.15, -0.1) is 0 Å². The fourth-order valence-corrected chi connectivity index (χ4v) is 3.04. The van der Waals surface area contributed by atoms with Gasteiger partial charge in [0.1, 0.15) is 5.75 Å². The number of nitrogens with two attached hydrogens (primary N) is 1. The van der Waals surface area contributed by atoms with Gasteiger partial charge in [0.2, 0.25) is 0 Å². The van der Waals surface area contributed by atoms with Crippen LogP contribution in [-0.4, -0.2) is 35.0 Å². The Morgan fingerprint density at radius 3 is 2.89 bits per heavy atom. The summed E-state index contributed by atoms with van der Waals surface area (Å²) >= 11 is 0. The highest BCUT2D eigenvalue weighted by Crippen LogP contribution is 2.30. The molecule has 1 aromatic carbocycles. The molecule has 104 valence electrons. The van der Waals surface area contributed by atoms with Crippen LogP contribution in [0.15, 0.2) is 24.3 Å². The molecule has 1 aromatic rings. The van der Waals surface area contributed by atoms with Crippen LogP contribution in [0.2, 0.25) is 0 Å². The van der Waals surface area contributed by atoms with E-state index in [1.54, 1.807) is 18.2 Å². The summed E-state index contributed by atoms with van der Waals surface area (Å²) in [6.45, 7) is 3.30. The van der Waals surface area contributed by atoms with Gasteiger partial charge >= 0.3 is 0 Å². The molecule has 1 aliphatic carbocycles. The maximum atomic E-state index is 12.6. The molecule has 4 nitrogen and oxygen atoms in total. The van der Waals surface area contributed by atoms with Crippen molar-refractivity contribution < 1.29 is 9.90 Å². The first kappa shape index (κ1) is 13.9. The lowest BCUT2D eigenvalue weighted by Crippen LogP contribution is -2.44. The molecule has 2 rings (SSSR count). The minimum absolute atomic E-state index is 0.0104. The number of rotatable bonds is 4. The third-order valence-electron chi connectivity index (χ3n) is 4.02. The van der Waals surface area contributed by atoms with E-state index in [4.69, 9.17) is 5.73 Å². The number of phenols is 1. The van der Waals surface area contributed by atoms with Crippen LogP contribution in [0.4, 0.5) is 0 Å². The Morgan fingerprint density at radius 1 is 1.47 bits per heavy atom. The molecule has 1 amide bonds. The quantitative estimate of drug-likeness (QED) is 0.872. The number of amides is 1. The second kappa shape index (κ2) is 6.06. The first-order valence-corrected chi connectivity index (χ1v) is 6.97. The predicted octanol–water partition coefficient (Wildman–Crippen LogP) is 1.98. The summed E-state index contributed by atoms with van der Waals surface area (Å²) < 4.78 is 0. The molecule has 0 radical (unpaired) electrons. The third kappa shape index (κ3) is 2.89. The van der Waals surface area contributed by atoms with Crippen molar-refractivity contribution >= 4 is 5.91 Å². The summed E-state index contributed by atoms with van der Waals surface area (Å²) in [5, 5.41) is 9.49. The average molecular weight is 262 g/mol. The predicted molar refractivity (Wildman–Crippen MR) is 75.0 cm³/mol. The van der Waals surface area contributed by atoms with Crippen LogP contribution in [0.5, 0.6) is 5.75 Å². The Bertz CT molecular complexity index is 448. The number of nitrogens with zero attached hydrogens (tertiary/aromatic N) is 1. The summed E-state index contributed by atoms with van der Waals surface area (Å²) in [6, 6.07) is 6.79. The smallest absolute Gasteiger partial charge is 0.254 e. The summed E-state index contributed by atoms with van der Waals surface area (Å²) in [5.41, 5.74) is 6.35. The van der Waals surface area contributed by atoms with Crippen molar-refractivity contribution in [2.45, 2.75) is 32.2 Å². The van der Waals surface area contributed by atoms with Crippen molar-refractivity contribution in [1.29, 1.82) is 0 Å². The van der Waals surface area contributed by atoms with E-state index >= 15 is 0 Å². The van der Waals surface area contributed by atoms with Gasteiger partial charge < -0.3 is 15.7 Å². The van der Waals surface area contributed by atoms with Gasteiger partial charge in [0.15, 0.2) is 0 Å². The third-order valence-corrected chi connectivity index (χ3v) is 4.02. The zero-order valence-corrected chi connectivity index (χ0v) is 11.4. The van der Waals surface area contributed by atoms with E-state index in [1.165, 1.54) is 6.07 Å². The Hall–Kier alpha value is -1.55. The number of hydrogen-bond acceptors (Lipinski definition) is 3. The first-order chi connectivity index (χ1) is 9.17. The summed E-state index contributed by atoms with van der Waals surface area (Å²) in [7, 11) is 0. The van der Waals surface area contributed by atoms with Crippen LogP contribution in [0.1, 0.15) is 36.5 Å². The zero-order valence-electron chi connectivity index (χ0n) is 11.4. The van der Waals surface area contributed by atoms with E-state index in [0.717, 1.165) is 19.3 Å². The number of aromatic hydroxyl groups is 1. The van der Waals surface area contributed by atoms with E-state index in [1.807, 2.05) is 11.8 Å². The molecule has 0 aromatic heterocycles. The van der Waals surface area contributed by atoms with Crippen molar-refractivity contribution in [2.24, 2.45) is 11.7 Å². The number of benzene rings is 1. The molecule has 0 saturated heterocycles. The fraction of sp³-hybridized carbons (Fsp3) is 0.533. The molecule has 2 unspecified atom stereocenters. The van der Waals surface area contributed by atoms with Crippen LogP contribution >= 0.6 is 0 Å². The highest BCUT2D eigenvalue weighted by Gasteiger charge is 2.33. The molecule has 0 heterocycles. The van der Waals surface area contributed by atoms with E-state index in [0.29, 0.717) is 24.6 Å². The second-order valence-corrected chi connectivity index (χ2v) is 5.14. The monoisotopic (exact) mass is 262 g/mol. The number of hydrogen-bond donors (Lipinski definition) is 2. The highest BCUT2D eigenvalue weighted by molar-refractivity contribution is 5.94. The summed E-state index contributed by atoms with van der Waals surface area (Å²) in [4.78, 5) is 14.5. The van der Waals surface area contributed by atoms with E-state index in [9.17, 15) is 9.90 Å². The van der Waals surface area contributed by atoms with Crippen molar-refractivity contribution in [3.8, 4) is 5.75 Å². The number of carbonyl (C=O) groups excluding carboxylic acids is 1. The van der Waals surface area contributed by atoms with E-state index in [-0.39, 0.29) is 17.7 Å². The Kier molecular flexibility index (Phi) is 4.43. The van der Waals surface area contributed by atoms with Crippen LogP contribution in [0.25, 0.3) is 0 Å². The summed E-state index contributed by atoms with van der Waals surface area (Å²) in [5.74, 6) is 0.522. The maximum absolute atomic E-state index is 12.6. The molecule has 1 fully saturated rings. The molecule has 1 saturated carbocycles. The Balaban J connectivity index is 2.19. The van der Waals surface area contributed by atoms with Crippen molar-refractivity contribution in [3.63, 3.8) is 0 Å². The van der Waals surface area contributed by atoms with Crippen LogP contribution in [0, 0.1) is 5.92 Å². The standard InChI is InChI=1S/C15H22N2O2/c1-2-17(14-8-4-6-12(14)10-16)15(19)11-5-3-7-13(18)9-11/h3,5,7,9,12,14,18H,2,4,6,8,10,16H2,1H3. The van der Waals surface area contributed by atoms with Gasteiger partial charge in [-0.3, -0.25) is 4.79 Å². The van der Waals surface area contributed by atoms with Gasteiger partial charge in [0.25, 0.3) is 5.91 Å². The highest BCUT2D eigenvalue weighted by atomic mass is 16.3. The fourth-order valence-electron chi connectivity index (χ4n) is 3.04. The largest absolute Gasteiger partial charge is 0.508 e. The van der Waals surface area contributed by atoms with Gasteiger partial charge in [-0.05, 0) is 50.4 Å².